The summed E-state index contributed by atoms with van der Waals surface area (Å²) in [6.07, 6.45) is -2.46. The molecule has 3 aromatic rings. The van der Waals surface area contributed by atoms with Gasteiger partial charge in [-0.3, -0.25) is 9.80 Å². The predicted molar refractivity (Wildman–Crippen MR) is 123 cm³/mol. The first-order chi connectivity index (χ1) is 16.1. The molecule has 0 unspecified atom stereocenters. The summed E-state index contributed by atoms with van der Waals surface area (Å²) in [5, 5.41) is 10.3. The first kappa shape index (κ1) is 23.9. The fraction of sp³-hybridized carbons (Fsp3) is 0.375. The van der Waals surface area contributed by atoms with Crippen LogP contribution in [0.1, 0.15) is 33.1 Å². The van der Waals surface area contributed by atoms with Gasteiger partial charge < -0.3 is 20.6 Å². The van der Waals surface area contributed by atoms with Crippen molar-refractivity contribution in [1.29, 1.82) is 0 Å². The summed E-state index contributed by atoms with van der Waals surface area (Å²) < 4.78 is 45.1. The fourth-order valence-corrected chi connectivity index (χ4v) is 4.75. The molecule has 1 fully saturated rings. The number of benzene rings is 2. The molecule has 1 aliphatic heterocycles. The number of hydrogen-bond acceptors (Lipinski definition) is 5. The maximum Gasteiger partial charge on any atom is 0.401 e. The molecule has 2 aromatic carbocycles. The molecule has 1 atom stereocenters. The SMILES string of the molecule is COc1cc(C)c2[nH]ccc2c1CN1CCN(CC(F)(F)F)C[C@@H]1c1ccc(C(=O)O)c(N)c1. The summed E-state index contributed by atoms with van der Waals surface area (Å²) >= 11 is 0. The molecule has 10 heteroatoms. The summed E-state index contributed by atoms with van der Waals surface area (Å²) in [6.45, 7) is 2.21. The topological polar surface area (TPSA) is 94.8 Å². The smallest absolute Gasteiger partial charge is 0.401 e. The van der Waals surface area contributed by atoms with E-state index in [9.17, 15) is 23.1 Å². The van der Waals surface area contributed by atoms with Crippen molar-refractivity contribution in [2.75, 3.05) is 39.0 Å². The van der Waals surface area contributed by atoms with Crippen molar-refractivity contribution in [2.45, 2.75) is 25.7 Å². The number of halogens is 3. The van der Waals surface area contributed by atoms with E-state index in [1.165, 1.54) is 11.0 Å². The number of methoxy groups -OCH3 is 1. The van der Waals surface area contributed by atoms with Gasteiger partial charge in [-0.05, 0) is 42.3 Å². The van der Waals surface area contributed by atoms with Crippen molar-refractivity contribution in [3.63, 3.8) is 0 Å². The molecular formula is C24H27F3N4O3. The van der Waals surface area contributed by atoms with Crippen LogP contribution in [0.25, 0.3) is 10.9 Å². The van der Waals surface area contributed by atoms with Crippen molar-refractivity contribution in [1.82, 2.24) is 14.8 Å². The molecule has 4 rings (SSSR count). The number of H-pyrrole nitrogens is 1. The van der Waals surface area contributed by atoms with Crippen LogP contribution >= 0.6 is 0 Å². The molecule has 7 nitrogen and oxygen atoms in total. The quantitative estimate of drug-likeness (QED) is 0.462. The number of aryl methyl sites for hydroxylation is 1. The van der Waals surface area contributed by atoms with Gasteiger partial charge in [0.05, 0.1) is 19.2 Å². The Bertz CT molecular complexity index is 1210. The Hall–Kier alpha value is -3.24. The third kappa shape index (κ3) is 4.83. The van der Waals surface area contributed by atoms with E-state index >= 15 is 0 Å². The number of aromatic nitrogens is 1. The lowest BCUT2D eigenvalue weighted by Gasteiger charge is -2.42. The summed E-state index contributed by atoms with van der Waals surface area (Å²) in [5.41, 5.74) is 9.64. The molecule has 182 valence electrons. The van der Waals surface area contributed by atoms with Crippen molar-refractivity contribution in [3.8, 4) is 5.75 Å². The lowest BCUT2D eigenvalue weighted by Crippen LogP contribution is -2.50. The molecule has 0 saturated carbocycles. The number of alkyl halides is 3. The highest BCUT2D eigenvalue weighted by Gasteiger charge is 2.36. The minimum absolute atomic E-state index is 0.0347. The number of carboxylic acid groups (broad SMARTS) is 1. The van der Waals surface area contributed by atoms with Gasteiger partial charge in [-0.25, -0.2) is 4.79 Å². The highest BCUT2D eigenvalue weighted by molar-refractivity contribution is 5.93. The van der Waals surface area contributed by atoms with Crippen LogP contribution in [-0.2, 0) is 6.54 Å². The van der Waals surface area contributed by atoms with Crippen molar-refractivity contribution in [3.05, 3.63) is 58.8 Å². The van der Waals surface area contributed by atoms with Crippen LogP contribution in [0.3, 0.4) is 0 Å². The van der Waals surface area contributed by atoms with Gasteiger partial charge in [-0.15, -0.1) is 0 Å². The fourth-order valence-electron chi connectivity index (χ4n) is 4.75. The molecule has 2 heterocycles. The molecule has 4 N–H and O–H groups in total. The summed E-state index contributed by atoms with van der Waals surface area (Å²) in [6, 6.07) is 8.09. The number of hydrogen-bond donors (Lipinski definition) is 3. The lowest BCUT2D eigenvalue weighted by molar-refractivity contribution is -0.152. The average molecular weight is 476 g/mol. The van der Waals surface area contributed by atoms with Crippen LogP contribution < -0.4 is 10.5 Å². The van der Waals surface area contributed by atoms with E-state index in [1.807, 2.05) is 25.3 Å². The number of nitrogens with one attached hydrogen (secondary N) is 1. The number of aromatic amines is 1. The number of carboxylic acids is 1. The molecule has 1 aromatic heterocycles. The third-order valence-electron chi connectivity index (χ3n) is 6.36. The van der Waals surface area contributed by atoms with Crippen LogP contribution in [0.5, 0.6) is 5.75 Å². The molecule has 1 aliphatic rings. The normalized spacial score (nSPS) is 17.9. The number of piperazine rings is 1. The van der Waals surface area contributed by atoms with Crippen LogP contribution in [0, 0.1) is 6.92 Å². The van der Waals surface area contributed by atoms with Crippen molar-refractivity contribution >= 4 is 22.6 Å². The van der Waals surface area contributed by atoms with Gasteiger partial charge in [0.25, 0.3) is 0 Å². The van der Waals surface area contributed by atoms with Crippen molar-refractivity contribution < 1.29 is 27.8 Å². The first-order valence-corrected chi connectivity index (χ1v) is 10.9. The zero-order chi connectivity index (χ0) is 24.6. The van der Waals surface area contributed by atoms with Gasteiger partial charge >= 0.3 is 12.1 Å². The van der Waals surface area contributed by atoms with E-state index < -0.39 is 24.7 Å². The maximum absolute atomic E-state index is 13.1. The molecule has 34 heavy (non-hydrogen) atoms. The predicted octanol–water partition coefficient (Wildman–Crippen LogP) is 4.19. The number of ether oxygens (including phenoxy) is 1. The molecule has 0 spiro atoms. The number of nitrogens with two attached hydrogens (primary N) is 1. The highest BCUT2D eigenvalue weighted by Crippen LogP contribution is 2.36. The molecule has 0 bridgehead atoms. The summed E-state index contributed by atoms with van der Waals surface area (Å²) in [4.78, 5) is 18.1. The van der Waals surface area contributed by atoms with E-state index in [4.69, 9.17) is 10.5 Å². The van der Waals surface area contributed by atoms with E-state index in [0.29, 0.717) is 24.4 Å². The second-order valence-corrected chi connectivity index (χ2v) is 8.63. The Morgan fingerprint density at radius 3 is 2.68 bits per heavy atom. The van der Waals surface area contributed by atoms with Gasteiger partial charge in [-0.1, -0.05) is 6.07 Å². The van der Waals surface area contributed by atoms with Gasteiger partial charge in [0.2, 0.25) is 0 Å². The highest BCUT2D eigenvalue weighted by atomic mass is 19.4. The van der Waals surface area contributed by atoms with Crippen LogP contribution in [0.15, 0.2) is 36.5 Å². The number of aromatic carboxylic acids is 1. The van der Waals surface area contributed by atoms with Gasteiger partial charge in [0.1, 0.15) is 5.75 Å². The Morgan fingerprint density at radius 2 is 2.03 bits per heavy atom. The largest absolute Gasteiger partial charge is 0.496 e. The Balaban J connectivity index is 1.72. The molecular weight excluding hydrogens is 449 g/mol. The van der Waals surface area contributed by atoms with Gasteiger partial charge in [0, 0.05) is 60.6 Å². The number of nitrogens with zero attached hydrogens (tertiary/aromatic N) is 2. The first-order valence-electron chi connectivity index (χ1n) is 10.9. The van der Waals surface area contributed by atoms with E-state index in [0.717, 1.165) is 22.0 Å². The zero-order valence-electron chi connectivity index (χ0n) is 18.9. The number of nitrogen functional groups attached to an aromatic ring is 1. The third-order valence-corrected chi connectivity index (χ3v) is 6.36. The Kier molecular flexibility index (Phi) is 6.46. The number of carbonyl (C=O) groups is 1. The van der Waals surface area contributed by atoms with E-state index in [-0.39, 0.29) is 24.3 Å². The van der Waals surface area contributed by atoms with E-state index in [1.54, 1.807) is 19.2 Å². The van der Waals surface area contributed by atoms with Crippen LogP contribution in [0.2, 0.25) is 0 Å². The summed E-state index contributed by atoms with van der Waals surface area (Å²) in [5.74, 6) is -0.440. The molecule has 0 radical (unpaired) electrons. The lowest BCUT2D eigenvalue weighted by atomic mass is 9.97. The second-order valence-electron chi connectivity index (χ2n) is 8.63. The molecule has 0 amide bonds. The van der Waals surface area contributed by atoms with Crippen LogP contribution in [0.4, 0.5) is 18.9 Å². The Morgan fingerprint density at radius 1 is 1.26 bits per heavy atom. The maximum atomic E-state index is 13.1. The number of fused-ring (bicyclic) bond motifs is 1. The van der Waals surface area contributed by atoms with E-state index in [2.05, 4.69) is 9.88 Å². The minimum Gasteiger partial charge on any atom is -0.496 e. The summed E-state index contributed by atoms with van der Waals surface area (Å²) in [7, 11) is 1.60. The zero-order valence-corrected chi connectivity index (χ0v) is 18.9. The average Bonchev–Trinajstić information content (AvgIpc) is 3.25. The minimum atomic E-state index is -4.31. The van der Waals surface area contributed by atoms with Crippen molar-refractivity contribution in [2.24, 2.45) is 0 Å². The Labute approximate surface area is 194 Å². The van der Waals surface area contributed by atoms with Crippen LogP contribution in [-0.4, -0.2) is 65.3 Å². The number of anilines is 1. The monoisotopic (exact) mass is 476 g/mol. The van der Waals surface area contributed by atoms with Gasteiger partial charge in [0.15, 0.2) is 0 Å². The second kappa shape index (κ2) is 9.19. The number of rotatable bonds is 6. The standard InChI is InChI=1S/C24H27F3N4O3/c1-14-9-21(34-2)18(16-5-6-29-22(14)16)11-31-8-7-30(13-24(25,26)27)12-20(31)15-3-4-17(23(32)33)19(28)10-15/h3-6,9-10,20,29H,7-8,11-13,28H2,1-2H3,(H,32,33)/t20-/m1/s1. The molecule has 1 saturated heterocycles. The van der Waals surface area contributed by atoms with Gasteiger partial charge in [-0.2, -0.15) is 13.2 Å². The molecule has 0 aliphatic carbocycles.